The van der Waals surface area contributed by atoms with Gasteiger partial charge >= 0.3 is 0 Å². The van der Waals surface area contributed by atoms with Gasteiger partial charge in [0.15, 0.2) is 16.6 Å². The summed E-state index contributed by atoms with van der Waals surface area (Å²) in [5, 5.41) is 11.1. The topological polar surface area (TPSA) is 81.4 Å². The molecule has 0 atom stereocenters. The van der Waals surface area contributed by atoms with Crippen LogP contribution < -0.4 is 20.1 Å². The van der Waals surface area contributed by atoms with E-state index in [4.69, 9.17) is 37.8 Å². The summed E-state index contributed by atoms with van der Waals surface area (Å²) >= 11 is 11.2. The molecule has 9 heteroatoms. The molecule has 0 saturated heterocycles. The maximum atomic E-state index is 5.88. The van der Waals surface area contributed by atoms with Crippen molar-refractivity contribution in [2.75, 3.05) is 19.5 Å². The lowest BCUT2D eigenvalue weighted by molar-refractivity contribution is 0.355. The van der Waals surface area contributed by atoms with Crippen LogP contribution in [-0.4, -0.2) is 29.5 Å². The number of ether oxygens (including phenoxy) is 2. The van der Waals surface area contributed by atoms with Crippen LogP contribution in [0.3, 0.4) is 0 Å². The Balaban J connectivity index is 1.57. The second-order valence-corrected chi connectivity index (χ2v) is 6.24. The van der Waals surface area contributed by atoms with E-state index in [9.17, 15) is 0 Å². The zero-order valence-corrected chi connectivity index (χ0v) is 16.2. The van der Waals surface area contributed by atoms with Crippen molar-refractivity contribution in [1.82, 2.24) is 15.5 Å². The van der Waals surface area contributed by atoms with Gasteiger partial charge in [0.05, 0.1) is 20.8 Å². The lowest BCUT2D eigenvalue weighted by Gasteiger charge is -2.12. The molecule has 140 valence electrons. The van der Waals surface area contributed by atoms with Gasteiger partial charge in [0.2, 0.25) is 11.7 Å². The number of anilines is 1. The molecule has 2 aromatic carbocycles. The minimum absolute atomic E-state index is 0.291. The van der Waals surface area contributed by atoms with Gasteiger partial charge in [-0.2, -0.15) is 4.98 Å². The highest BCUT2D eigenvalue weighted by molar-refractivity contribution is 7.80. The number of rotatable bonds is 6. The monoisotopic (exact) mass is 404 g/mol. The van der Waals surface area contributed by atoms with Crippen LogP contribution in [0.15, 0.2) is 47.0 Å². The van der Waals surface area contributed by atoms with Crippen molar-refractivity contribution < 1.29 is 14.0 Å². The van der Waals surface area contributed by atoms with Crippen molar-refractivity contribution in [1.29, 1.82) is 0 Å². The van der Waals surface area contributed by atoms with E-state index in [1.165, 1.54) is 0 Å². The molecule has 0 fully saturated rings. The average molecular weight is 405 g/mol. The number of nitrogens with one attached hydrogen (secondary N) is 2. The number of hydrogen-bond acceptors (Lipinski definition) is 6. The Kier molecular flexibility index (Phi) is 6.10. The third-order valence-electron chi connectivity index (χ3n) is 3.61. The maximum Gasteiger partial charge on any atom is 0.246 e. The molecule has 0 unspecified atom stereocenters. The van der Waals surface area contributed by atoms with Crippen LogP contribution in [0.4, 0.5) is 5.69 Å². The summed E-state index contributed by atoms with van der Waals surface area (Å²) in [4.78, 5) is 4.33. The molecule has 0 radical (unpaired) electrons. The molecule has 3 aromatic rings. The summed E-state index contributed by atoms with van der Waals surface area (Å²) in [5.74, 6) is 2.15. The Morgan fingerprint density at radius 3 is 2.56 bits per heavy atom. The summed E-state index contributed by atoms with van der Waals surface area (Å²) in [5.41, 5.74) is 1.58. The molecule has 2 N–H and O–H groups in total. The van der Waals surface area contributed by atoms with Crippen LogP contribution >= 0.6 is 23.8 Å². The third kappa shape index (κ3) is 4.87. The first-order valence-corrected chi connectivity index (χ1v) is 8.73. The maximum absolute atomic E-state index is 5.88. The van der Waals surface area contributed by atoms with Crippen LogP contribution in [0.2, 0.25) is 5.02 Å². The Morgan fingerprint density at radius 1 is 1.11 bits per heavy atom. The number of methoxy groups -OCH3 is 2. The first kappa shape index (κ1) is 18.9. The number of nitrogens with zero attached hydrogens (tertiary/aromatic N) is 2. The summed E-state index contributed by atoms with van der Waals surface area (Å²) in [6, 6.07) is 12.6. The second-order valence-electron chi connectivity index (χ2n) is 5.40. The lowest BCUT2D eigenvalue weighted by atomic mass is 10.2. The van der Waals surface area contributed by atoms with Crippen LogP contribution in [0.1, 0.15) is 5.89 Å². The largest absolute Gasteiger partial charge is 0.493 e. The highest BCUT2D eigenvalue weighted by Crippen LogP contribution is 2.29. The predicted molar refractivity (Wildman–Crippen MR) is 107 cm³/mol. The van der Waals surface area contributed by atoms with Gasteiger partial charge in [-0.3, -0.25) is 0 Å². The van der Waals surface area contributed by atoms with Gasteiger partial charge in [-0.15, -0.1) is 0 Å². The number of thiocarbonyl (C=S) groups is 1. The van der Waals surface area contributed by atoms with Crippen LogP contribution in [0.5, 0.6) is 11.5 Å². The van der Waals surface area contributed by atoms with Crippen LogP contribution in [-0.2, 0) is 6.54 Å². The molecule has 0 bridgehead atoms. The Bertz CT molecular complexity index is 931. The number of benzene rings is 2. The van der Waals surface area contributed by atoms with Gasteiger partial charge in [-0.05, 0) is 48.6 Å². The van der Waals surface area contributed by atoms with Gasteiger partial charge in [-0.25, -0.2) is 0 Å². The van der Waals surface area contributed by atoms with Gasteiger partial charge < -0.3 is 24.6 Å². The van der Waals surface area contributed by atoms with E-state index >= 15 is 0 Å². The fraction of sp³-hybridized carbons (Fsp3) is 0.167. The molecule has 0 aliphatic rings. The third-order valence-corrected chi connectivity index (χ3v) is 4.11. The molecule has 0 amide bonds. The van der Waals surface area contributed by atoms with Gasteiger partial charge in [0, 0.05) is 22.3 Å². The van der Waals surface area contributed by atoms with Gasteiger partial charge in [0.1, 0.15) is 0 Å². The molecule has 3 rings (SSSR count). The fourth-order valence-corrected chi connectivity index (χ4v) is 2.60. The van der Waals surface area contributed by atoms with Crippen LogP contribution in [0.25, 0.3) is 11.4 Å². The minimum atomic E-state index is 0.291. The number of hydrogen-bond donors (Lipinski definition) is 2. The van der Waals surface area contributed by atoms with Crippen LogP contribution in [0, 0.1) is 0 Å². The van der Waals surface area contributed by atoms with E-state index in [2.05, 4.69) is 20.8 Å². The first-order chi connectivity index (χ1) is 13.1. The van der Waals surface area contributed by atoms with Gasteiger partial charge in [-0.1, -0.05) is 16.8 Å². The molecule has 7 nitrogen and oxygen atoms in total. The summed E-state index contributed by atoms with van der Waals surface area (Å²) in [6.07, 6.45) is 0. The number of aromatic nitrogens is 2. The smallest absolute Gasteiger partial charge is 0.246 e. The average Bonchev–Trinajstić information content (AvgIpc) is 3.16. The van der Waals surface area contributed by atoms with E-state index in [0.717, 1.165) is 11.3 Å². The highest BCUT2D eigenvalue weighted by Gasteiger charge is 2.10. The van der Waals surface area contributed by atoms with E-state index in [1.54, 1.807) is 38.5 Å². The van der Waals surface area contributed by atoms with E-state index < -0.39 is 0 Å². The molecule has 0 aliphatic carbocycles. The second kappa shape index (κ2) is 8.70. The fourth-order valence-electron chi connectivity index (χ4n) is 2.29. The quantitative estimate of drug-likeness (QED) is 0.599. The minimum Gasteiger partial charge on any atom is -0.493 e. The molecule has 27 heavy (non-hydrogen) atoms. The van der Waals surface area contributed by atoms with Gasteiger partial charge in [0.25, 0.3) is 0 Å². The lowest BCUT2D eigenvalue weighted by Crippen LogP contribution is -2.28. The SMILES string of the molecule is COc1ccc(NC(=S)NCc2nc(-c3ccc(Cl)cc3)no2)cc1OC. The summed E-state index contributed by atoms with van der Waals surface area (Å²) in [7, 11) is 3.16. The van der Waals surface area contributed by atoms with Crippen molar-refractivity contribution in [3.63, 3.8) is 0 Å². The zero-order chi connectivity index (χ0) is 19.2. The number of halogens is 1. The summed E-state index contributed by atoms with van der Waals surface area (Å²) in [6.45, 7) is 0.291. The Hall–Kier alpha value is -2.84. The molecule has 0 spiro atoms. The molecular formula is C18H17ClN4O3S. The van der Waals surface area contributed by atoms with E-state index in [-0.39, 0.29) is 0 Å². The van der Waals surface area contributed by atoms with Crippen molar-refractivity contribution >= 4 is 34.6 Å². The van der Waals surface area contributed by atoms with E-state index in [1.807, 2.05) is 18.2 Å². The predicted octanol–water partition coefficient (Wildman–Crippen LogP) is 3.89. The molecule has 0 saturated carbocycles. The molecule has 1 aromatic heterocycles. The van der Waals surface area contributed by atoms with Crippen molar-refractivity contribution in [3.05, 3.63) is 53.4 Å². The van der Waals surface area contributed by atoms with Crippen molar-refractivity contribution in [3.8, 4) is 22.9 Å². The molecule has 1 heterocycles. The Morgan fingerprint density at radius 2 is 1.85 bits per heavy atom. The highest BCUT2D eigenvalue weighted by atomic mass is 35.5. The normalized spacial score (nSPS) is 10.3. The van der Waals surface area contributed by atoms with Crippen molar-refractivity contribution in [2.45, 2.75) is 6.54 Å². The first-order valence-electron chi connectivity index (χ1n) is 7.94. The van der Waals surface area contributed by atoms with Crippen molar-refractivity contribution in [2.24, 2.45) is 0 Å². The molecule has 0 aliphatic heterocycles. The standard InChI is InChI=1S/C18H17ClN4O3S/c1-24-14-8-7-13(9-15(14)25-2)21-18(27)20-10-16-22-17(23-26-16)11-3-5-12(19)6-4-11/h3-9H,10H2,1-2H3,(H2,20,21,27). The summed E-state index contributed by atoms with van der Waals surface area (Å²) < 4.78 is 15.7. The Labute approximate surface area is 166 Å². The van der Waals surface area contributed by atoms with E-state index in [0.29, 0.717) is 39.9 Å². The molecular weight excluding hydrogens is 388 g/mol. The zero-order valence-electron chi connectivity index (χ0n) is 14.7.